The molecule has 1 amide bonds. The summed E-state index contributed by atoms with van der Waals surface area (Å²) in [5, 5.41) is 4.16. The molecule has 3 aromatic rings. The van der Waals surface area contributed by atoms with Gasteiger partial charge in [0.2, 0.25) is 0 Å². The molecular weight excluding hydrogens is 404 g/mol. The second kappa shape index (κ2) is 9.35. The Hall–Kier alpha value is -2.47. The SMILES string of the molecule is Cc1sc(NC(=O)c2ccccc2)c([C@H](c2ccccc2)N2C[C@@H](C)O[C@H](C)C2)c1C. The standard InChI is InChI=1S/C26H30N2O2S/c1-17-15-28(16-18(2)30-17)24(21-11-7-5-8-12-21)23-19(3)20(4)31-26(23)27-25(29)22-13-9-6-10-14-22/h5-14,17-18,24H,15-16H2,1-4H3,(H,27,29)/t17-,18-,24+/m1/s1. The van der Waals surface area contributed by atoms with Crippen molar-refractivity contribution in [2.45, 2.75) is 45.9 Å². The fourth-order valence-electron chi connectivity index (χ4n) is 4.46. The molecule has 1 N–H and O–H groups in total. The van der Waals surface area contributed by atoms with Gasteiger partial charge in [-0.15, -0.1) is 11.3 Å². The molecule has 0 aliphatic carbocycles. The Labute approximate surface area is 188 Å². The lowest BCUT2D eigenvalue weighted by atomic mass is 9.93. The van der Waals surface area contributed by atoms with Crippen molar-refractivity contribution in [3.8, 4) is 0 Å². The maximum atomic E-state index is 13.0. The van der Waals surface area contributed by atoms with Gasteiger partial charge in [-0.05, 0) is 51.0 Å². The topological polar surface area (TPSA) is 41.6 Å². The van der Waals surface area contributed by atoms with Crippen LogP contribution in [0, 0.1) is 13.8 Å². The number of aryl methyl sites for hydroxylation is 1. The molecule has 0 radical (unpaired) electrons. The lowest BCUT2D eigenvalue weighted by Crippen LogP contribution is -2.47. The van der Waals surface area contributed by atoms with E-state index in [4.69, 9.17) is 4.74 Å². The van der Waals surface area contributed by atoms with Gasteiger partial charge in [0.1, 0.15) is 5.00 Å². The van der Waals surface area contributed by atoms with Crippen molar-refractivity contribution in [1.29, 1.82) is 0 Å². The summed E-state index contributed by atoms with van der Waals surface area (Å²) in [5.41, 5.74) is 4.34. The normalized spacial score (nSPS) is 20.4. The molecule has 5 heteroatoms. The molecule has 162 valence electrons. The first kappa shape index (κ1) is 21.8. The fourth-order valence-corrected chi connectivity index (χ4v) is 5.54. The number of amides is 1. The number of carbonyl (C=O) groups excluding carboxylic acids is 1. The van der Waals surface area contributed by atoms with Crippen LogP contribution in [-0.4, -0.2) is 36.1 Å². The summed E-state index contributed by atoms with van der Waals surface area (Å²) in [4.78, 5) is 16.7. The van der Waals surface area contributed by atoms with Crippen LogP contribution in [0.15, 0.2) is 60.7 Å². The smallest absolute Gasteiger partial charge is 0.256 e. The highest BCUT2D eigenvalue weighted by molar-refractivity contribution is 7.16. The van der Waals surface area contributed by atoms with Crippen LogP contribution >= 0.6 is 11.3 Å². The van der Waals surface area contributed by atoms with Gasteiger partial charge in [-0.25, -0.2) is 0 Å². The van der Waals surface area contributed by atoms with Crippen molar-refractivity contribution >= 4 is 22.2 Å². The summed E-state index contributed by atoms with van der Waals surface area (Å²) >= 11 is 1.66. The van der Waals surface area contributed by atoms with E-state index in [9.17, 15) is 4.79 Å². The van der Waals surface area contributed by atoms with Crippen LogP contribution in [0.2, 0.25) is 0 Å². The van der Waals surface area contributed by atoms with Crippen LogP contribution in [0.25, 0.3) is 0 Å². The number of thiophene rings is 1. The molecule has 0 unspecified atom stereocenters. The molecule has 3 atom stereocenters. The van der Waals surface area contributed by atoms with Crippen molar-refractivity contribution in [1.82, 2.24) is 4.90 Å². The summed E-state index contributed by atoms with van der Waals surface area (Å²) in [6.45, 7) is 10.3. The van der Waals surface area contributed by atoms with Gasteiger partial charge in [-0.1, -0.05) is 48.5 Å². The number of rotatable bonds is 5. The number of hydrogen-bond acceptors (Lipinski definition) is 4. The number of anilines is 1. The molecule has 0 spiro atoms. The molecule has 2 heterocycles. The minimum Gasteiger partial charge on any atom is -0.373 e. The van der Waals surface area contributed by atoms with Crippen LogP contribution in [0.5, 0.6) is 0 Å². The van der Waals surface area contributed by atoms with Gasteiger partial charge in [0.25, 0.3) is 5.91 Å². The first-order valence-electron chi connectivity index (χ1n) is 10.8. The quantitative estimate of drug-likeness (QED) is 0.550. The zero-order valence-corrected chi connectivity index (χ0v) is 19.4. The predicted octanol–water partition coefficient (Wildman–Crippen LogP) is 5.82. The Balaban J connectivity index is 1.77. The van der Waals surface area contributed by atoms with Gasteiger partial charge < -0.3 is 10.1 Å². The number of nitrogens with zero attached hydrogens (tertiary/aromatic N) is 1. The molecule has 0 bridgehead atoms. The fraction of sp³-hybridized carbons (Fsp3) is 0.346. The number of hydrogen-bond donors (Lipinski definition) is 1. The molecule has 1 aromatic heterocycles. The average Bonchev–Trinajstić information content (AvgIpc) is 3.02. The zero-order valence-electron chi connectivity index (χ0n) is 18.6. The number of ether oxygens (including phenoxy) is 1. The van der Waals surface area contributed by atoms with Gasteiger partial charge in [0.15, 0.2) is 0 Å². The van der Waals surface area contributed by atoms with Crippen LogP contribution in [0.4, 0.5) is 5.00 Å². The van der Waals surface area contributed by atoms with E-state index in [0.717, 1.165) is 18.1 Å². The minimum absolute atomic E-state index is 0.0611. The highest BCUT2D eigenvalue weighted by atomic mass is 32.1. The van der Waals surface area contributed by atoms with Gasteiger partial charge >= 0.3 is 0 Å². The molecule has 1 saturated heterocycles. The van der Waals surface area contributed by atoms with E-state index in [0.29, 0.717) is 5.56 Å². The Morgan fingerprint density at radius 3 is 2.19 bits per heavy atom. The second-order valence-electron chi connectivity index (χ2n) is 8.37. The number of carbonyl (C=O) groups is 1. The minimum atomic E-state index is -0.0707. The van der Waals surface area contributed by atoms with Gasteiger partial charge in [0, 0.05) is 29.1 Å². The van der Waals surface area contributed by atoms with E-state index in [1.807, 2.05) is 30.3 Å². The van der Waals surface area contributed by atoms with Crippen molar-refractivity contribution in [3.63, 3.8) is 0 Å². The van der Waals surface area contributed by atoms with Gasteiger partial charge in [-0.2, -0.15) is 0 Å². The molecule has 4 rings (SSSR count). The third kappa shape index (κ3) is 4.74. The second-order valence-corrected chi connectivity index (χ2v) is 9.60. The predicted molar refractivity (Wildman–Crippen MR) is 128 cm³/mol. The maximum Gasteiger partial charge on any atom is 0.256 e. The van der Waals surface area contributed by atoms with E-state index in [1.54, 1.807) is 11.3 Å². The highest BCUT2D eigenvalue weighted by Crippen LogP contribution is 2.43. The molecule has 0 saturated carbocycles. The van der Waals surface area contributed by atoms with Crippen molar-refractivity contribution in [3.05, 3.63) is 87.8 Å². The lowest BCUT2D eigenvalue weighted by Gasteiger charge is -2.41. The van der Waals surface area contributed by atoms with Gasteiger partial charge in [-0.3, -0.25) is 9.69 Å². The third-order valence-electron chi connectivity index (χ3n) is 5.90. The molecule has 1 aliphatic rings. The summed E-state index contributed by atoms with van der Waals surface area (Å²) in [5.74, 6) is -0.0707. The summed E-state index contributed by atoms with van der Waals surface area (Å²) in [6, 6.07) is 20.1. The van der Waals surface area contributed by atoms with Crippen molar-refractivity contribution in [2.24, 2.45) is 0 Å². The van der Waals surface area contributed by atoms with E-state index >= 15 is 0 Å². The number of benzene rings is 2. The molecule has 4 nitrogen and oxygen atoms in total. The maximum absolute atomic E-state index is 13.0. The summed E-state index contributed by atoms with van der Waals surface area (Å²) in [7, 11) is 0. The average molecular weight is 435 g/mol. The van der Waals surface area contributed by atoms with Crippen molar-refractivity contribution < 1.29 is 9.53 Å². The zero-order chi connectivity index (χ0) is 22.0. The van der Waals surface area contributed by atoms with Crippen LogP contribution in [0.3, 0.4) is 0 Å². The first-order valence-corrected chi connectivity index (χ1v) is 11.7. The Bertz CT molecular complexity index is 1020. The summed E-state index contributed by atoms with van der Waals surface area (Å²) in [6.07, 6.45) is 0.328. The van der Waals surface area contributed by atoms with Crippen molar-refractivity contribution in [2.75, 3.05) is 18.4 Å². The van der Waals surface area contributed by atoms with E-state index in [2.05, 4.69) is 68.2 Å². The first-order chi connectivity index (χ1) is 14.9. The lowest BCUT2D eigenvalue weighted by molar-refractivity contribution is -0.0765. The van der Waals surface area contributed by atoms with E-state index < -0.39 is 0 Å². The van der Waals surface area contributed by atoms with E-state index in [1.165, 1.54) is 21.6 Å². The molecule has 1 fully saturated rings. The number of nitrogens with one attached hydrogen (secondary N) is 1. The Morgan fingerprint density at radius 1 is 1.00 bits per heavy atom. The third-order valence-corrected chi connectivity index (χ3v) is 7.04. The van der Waals surface area contributed by atoms with Crippen LogP contribution in [-0.2, 0) is 4.74 Å². The molecule has 1 aliphatic heterocycles. The van der Waals surface area contributed by atoms with E-state index in [-0.39, 0.29) is 24.2 Å². The monoisotopic (exact) mass is 434 g/mol. The molecule has 31 heavy (non-hydrogen) atoms. The van der Waals surface area contributed by atoms with Crippen LogP contribution < -0.4 is 5.32 Å². The Kier molecular flexibility index (Phi) is 6.56. The Morgan fingerprint density at radius 2 is 1.58 bits per heavy atom. The van der Waals surface area contributed by atoms with Crippen LogP contribution in [0.1, 0.15) is 51.8 Å². The summed E-state index contributed by atoms with van der Waals surface area (Å²) < 4.78 is 6.02. The van der Waals surface area contributed by atoms with Gasteiger partial charge in [0.05, 0.1) is 18.2 Å². The highest BCUT2D eigenvalue weighted by Gasteiger charge is 2.33. The largest absolute Gasteiger partial charge is 0.373 e. The number of morpholine rings is 1. The molecule has 2 aromatic carbocycles. The molecular formula is C26H30N2O2S.